The molecule has 0 aromatic rings. The minimum atomic E-state index is 0.417. The Labute approximate surface area is 43.7 Å². The summed E-state index contributed by atoms with van der Waals surface area (Å²) in [6.07, 6.45) is 1.90. The van der Waals surface area contributed by atoms with Gasteiger partial charge in [-0.1, -0.05) is 6.92 Å². The first kappa shape index (κ1) is 3.90. The summed E-state index contributed by atoms with van der Waals surface area (Å²) in [4.78, 5) is 0. The minimum absolute atomic E-state index is 0.417. The van der Waals surface area contributed by atoms with E-state index in [1.807, 2.05) is 0 Å². The molecule has 0 aromatic heterocycles. The van der Waals surface area contributed by atoms with Gasteiger partial charge in [0.2, 0.25) is 0 Å². The van der Waals surface area contributed by atoms with Crippen LogP contribution in [-0.2, 0) is 4.74 Å². The SMILES string of the molecule is CC1C[C@@]12OC2C. The summed E-state index contributed by atoms with van der Waals surface area (Å²) < 4.78 is 5.33. The third-order valence-corrected chi connectivity index (χ3v) is 2.33. The van der Waals surface area contributed by atoms with E-state index < -0.39 is 0 Å². The van der Waals surface area contributed by atoms with E-state index in [4.69, 9.17) is 4.74 Å². The Kier molecular flexibility index (Phi) is 0.419. The van der Waals surface area contributed by atoms with E-state index in [0.717, 1.165) is 5.92 Å². The molecule has 1 saturated heterocycles. The van der Waals surface area contributed by atoms with Crippen molar-refractivity contribution < 1.29 is 4.74 Å². The van der Waals surface area contributed by atoms with Crippen LogP contribution in [0, 0.1) is 5.92 Å². The van der Waals surface area contributed by atoms with Gasteiger partial charge in [-0.3, -0.25) is 0 Å². The molecule has 1 saturated carbocycles. The van der Waals surface area contributed by atoms with E-state index in [2.05, 4.69) is 13.8 Å². The van der Waals surface area contributed by atoms with Gasteiger partial charge in [0.25, 0.3) is 0 Å². The highest BCUT2D eigenvalue weighted by Gasteiger charge is 2.69. The van der Waals surface area contributed by atoms with Crippen molar-refractivity contribution in [2.45, 2.75) is 32.0 Å². The second-order valence-electron chi connectivity index (χ2n) is 2.82. The minimum Gasteiger partial charge on any atom is -0.366 e. The molecule has 0 aromatic carbocycles. The number of hydrogen-bond acceptors (Lipinski definition) is 1. The van der Waals surface area contributed by atoms with Crippen LogP contribution in [0.5, 0.6) is 0 Å². The zero-order valence-electron chi connectivity index (χ0n) is 4.77. The highest BCUT2D eigenvalue weighted by atomic mass is 16.6. The average molecular weight is 98.1 g/mol. The third-order valence-electron chi connectivity index (χ3n) is 2.33. The van der Waals surface area contributed by atoms with E-state index >= 15 is 0 Å². The standard InChI is InChI=1S/C6H10O/c1-4-3-6(4)5(2)7-6/h4-5H,3H2,1-2H3/t4?,5?,6-/m1/s1. The molecule has 0 amide bonds. The first-order valence-electron chi connectivity index (χ1n) is 2.93. The zero-order chi connectivity index (χ0) is 5.07. The molecule has 7 heavy (non-hydrogen) atoms. The molecule has 2 rings (SSSR count). The van der Waals surface area contributed by atoms with Crippen LogP contribution in [0.15, 0.2) is 0 Å². The van der Waals surface area contributed by atoms with Crippen molar-refractivity contribution in [2.24, 2.45) is 5.92 Å². The molecular weight excluding hydrogens is 88.1 g/mol. The van der Waals surface area contributed by atoms with Crippen molar-refractivity contribution in [2.75, 3.05) is 0 Å². The fourth-order valence-electron chi connectivity index (χ4n) is 1.45. The van der Waals surface area contributed by atoms with E-state index in [1.165, 1.54) is 6.42 Å². The van der Waals surface area contributed by atoms with Crippen LogP contribution in [0.3, 0.4) is 0 Å². The van der Waals surface area contributed by atoms with Crippen molar-refractivity contribution >= 4 is 0 Å². The van der Waals surface area contributed by atoms with Crippen molar-refractivity contribution in [1.29, 1.82) is 0 Å². The Morgan fingerprint density at radius 2 is 2.00 bits per heavy atom. The molecule has 1 spiro atoms. The van der Waals surface area contributed by atoms with Crippen LogP contribution in [0.1, 0.15) is 20.3 Å². The van der Waals surface area contributed by atoms with Crippen molar-refractivity contribution in [3.63, 3.8) is 0 Å². The van der Waals surface area contributed by atoms with E-state index in [9.17, 15) is 0 Å². The maximum absolute atomic E-state index is 5.33. The highest BCUT2D eigenvalue weighted by Crippen LogP contribution is 2.61. The Morgan fingerprint density at radius 3 is 2.00 bits per heavy atom. The summed E-state index contributed by atoms with van der Waals surface area (Å²) >= 11 is 0. The molecule has 3 atom stereocenters. The zero-order valence-corrected chi connectivity index (χ0v) is 4.77. The summed E-state index contributed by atoms with van der Waals surface area (Å²) in [5.74, 6) is 0.863. The summed E-state index contributed by atoms with van der Waals surface area (Å²) in [6.45, 7) is 4.41. The number of ether oxygens (including phenoxy) is 1. The third kappa shape index (κ3) is 0.290. The van der Waals surface area contributed by atoms with Gasteiger partial charge in [-0.25, -0.2) is 0 Å². The number of epoxide rings is 1. The molecule has 1 heterocycles. The molecule has 2 fully saturated rings. The maximum Gasteiger partial charge on any atom is 0.0975 e. The van der Waals surface area contributed by atoms with Gasteiger partial charge in [-0.15, -0.1) is 0 Å². The van der Waals surface area contributed by atoms with Crippen LogP contribution in [0.4, 0.5) is 0 Å². The molecule has 2 unspecified atom stereocenters. The first-order chi connectivity index (χ1) is 3.26. The quantitative estimate of drug-likeness (QED) is 0.414. The van der Waals surface area contributed by atoms with Crippen molar-refractivity contribution in [1.82, 2.24) is 0 Å². The van der Waals surface area contributed by atoms with Crippen LogP contribution in [0.2, 0.25) is 0 Å². The van der Waals surface area contributed by atoms with Gasteiger partial charge in [0, 0.05) is 0 Å². The predicted molar refractivity (Wildman–Crippen MR) is 27.1 cm³/mol. The van der Waals surface area contributed by atoms with Crippen LogP contribution < -0.4 is 0 Å². The Balaban J connectivity index is 2.11. The second kappa shape index (κ2) is 0.752. The second-order valence-corrected chi connectivity index (χ2v) is 2.82. The normalized spacial score (nSPS) is 66.0. The van der Waals surface area contributed by atoms with Crippen molar-refractivity contribution in [3.05, 3.63) is 0 Å². The van der Waals surface area contributed by atoms with Gasteiger partial charge in [0.05, 0.1) is 11.7 Å². The van der Waals surface area contributed by atoms with Crippen LogP contribution >= 0.6 is 0 Å². The van der Waals surface area contributed by atoms with Gasteiger partial charge in [-0.05, 0) is 19.3 Å². The van der Waals surface area contributed by atoms with Gasteiger partial charge in [-0.2, -0.15) is 0 Å². The van der Waals surface area contributed by atoms with E-state index in [0.29, 0.717) is 11.7 Å². The first-order valence-corrected chi connectivity index (χ1v) is 2.93. The Bertz CT molecular complexity index is 94.7. The summed E-state index contributed by atoms with van der Waals surface area (Å²) in [5.41, 5.74) is 0.417. The lowest BCUT2D eigenvalue weighted by Crippen LogP contribution is -1.87. The molecule has 1 aliphatic heterocycles. The molecule has 1 aliphatic carbocycles. The molecule has 0 radical (unpaired) electrons. The van der Waals surface area contributed by atoms with Crippen molar-refractivity contribution in [3.8, 4) is 0 Å². The molecular formula is C6H10O. The lowest BCUT2D eigenvalue weighted by Gasteiger charge is -1.71. The lowest BCUT2D eigenvalue weighted by molar-refractivity contribution is 0.361. The van der Waals surface area contributed by atoms with Gasteiger partial charge in [0.15, 0.2) is 0 Å². The smallest absolute Gasteiger partial charge is 0.0975 e. The molecule has 1 heteroatoms. The average Bonchev–Trinajstić information content (AvgIpc) is 2.28. The summed E-state index contributed by atoms with van der Waals surface area (Å²) in [6, 6.07) is 0. The number of rotatable bonds is 0. The molecule has 0 bridgehead atoms. The predicted octanol–water partition coefficient (Wildman–Crippen LogP) is 1.18. The molecule has 1 nitrogen and oxygen atoms in total. The highest BCUT2D eigenvalue weighted by molar-refractivity contribution is 5.17. The fourth-order valence-corrected chi connectivity index (χ4v) is 1.45. The van der Waals surface area contributed by atoms with Gasteiger partial charge in [0.1, 0.15) is 0 Å². The Hall–Kier alpha value is -0.0400. The molecule has 40 valence electrons. The number of hydrogen-bond donors (Lipinski definition) is 0. The van der Waals surface area contributed by atoms with Gasteiger partial charge >= 0.3 is 0 Å². The van der Waals surface area contributed by atoms with Crippen LogP contribution in [0.25, 0.3) is 0 Å². The topological polar surface area (TPSA) is 12.5 Å². The lowest BCUT2D eigenvalue weighted by atomic mass is 10.3. The van der Waals surface area contributed by atoms with Gasteiger partial charge < -0.3 is 4.74 Å². The summed E-state index contributed by atoms with van der Waals surface area (Å²) in [7, 11) is 0. The summed E-state index contributed by atoms with van der Waals surface area (Å²) in [5, 5.41) is 0. The maximum atomic E-state index is 5.33. The largest absolute Gasteiger partial charge is 0.366 e. The van der Waals surface area contributed by atoms with Crippen LogP contribution in [-0.4, -0.2) is 11.7 Å². The van der Waals surface area contributed by atoms with E-state index in [1.54, 1.807) is 0 Å². The van der Waals surface area contributed by atoms with E-state index in [-0.39, 0.29) is 0 Å². The Morgan fingerprint density at radius 1 is 1.57 bits per heavy atom. The fraction of sp³-hybridized carbons (Fsp3) is 1.00. The molecule has 0 N–H and O–H groups in total. The monoisotopic (exact) mass is 98.1 g/mol. The molecule has 2 aliphatic rings.